The lowest BCUT2D eigenvalue weighted by molar-refractivity contribution is -0.126. The third kappa shape index (κ3) is 6.57. The van der Waals surface area contributed by atoms with Gasteiger partial charge in [-0.25, -0.2) is 4.39 Å². The van der Waals surface area contributed by atoms with E-state index in [-0.39, 0.29) is 29.5 Å². The Morgan fingerprint density at radius 2 is 2.08 bits per heavy atom. The number of halogens is 1. The average molecular weight is 366 g/mol. The number of carbonyl (C=O) groups excluding carboxylic acids is 1. The van der Waals surface area contributed by atoms with Gasteiger partial charge in [-0.3, -0.25) is 9.69 Å². The third-order valence-electron chi connectivity index (χ3n) is 4.65. The van der Waals surface area contributed by atoms with Crippen LogP contribution in [0.4, 0.5) is 4.39 Å². The van der Waals surface area contributed by atoms with Crippen molar-refractivity contribution in [1.82, 2.24) is 10.2 Å². The van der Waals surface area contributed by atoms with Crippen LogP contribution in [0.25, 0.3) is 0 Å². The zero-order valence-corrected chi connectivity index (χ0v) is 16.1. The molecule has 5 nitrogen and oxygen atoms in total. The average Bonchev–Trinajstić information content (AvgIpc) is 2.62. The van der Waals surface area contributed by atoms with Gasteiger partial charge < -0.3 is 14.8 Å². The minimum absolute atomic E-state index is 0.0740. The van der Waals surface area contributed by atoms with Crippen LogP contribution in [0, 0.1) is 11.7 Å². The fourth-order valence-corrected chi connectivity index (χ4v) is 3.17. The van der Waals surface area contributed by atoms with E-state index < -0.39 is 0 Å². The number of nitrogens with zero attached hydrogens (tertiary/aromatic N) is 1. The van der Waals surface area contributed by atoms with E-state index in [0.717, 1.165) is 37.9 Å². The van der Waals surface area contributed by atoms with E-state index >= 15 is 0 Å². The first kappa shape index (κ1) is 20.6. The number of nitrogens with one attached hydrogen (secondary N) is 1. The second-order valence-electron chi connectivity index (χ2n) is 7.08. The molecule has 1 fully saturated rings. The third-order valence-corrected chi connectivity index (χ3v) is 4.65. The molecule has 0 atom stereocenters. The Labute approximate surface area is 155 Å². The molecule has 2 rings (SSSR count). The Morgan fingerprint density at radius 3 is 2.69 bits per heavy atom. The first-order valence-electron chi connectivity index (χ1n) is 9.43. The summed E-state index contributed by atoms with van der Waals surface area (Å²) in [4.78, 5) is 14.5. The molecule has 0 aliphatic carbocycles. The number of carbonyl (C=O) groups is 1. The van der Waals surface area contributed by atoms with Crippen LogP contribution in [0.2, 0.25) is 0 Å². The van der Waals surface area contributed by atoms with Gasteiger partial charge in [0.15, 0.2) is 11.6 Å². The minimum Gasteiger partial charge on any atom is -0.494 e. The molecule has 1 aliphatic heterocycles. The Morgan fingerprint density at radius 1 is 1.35 bits per heavy atom. The molecule has 1 aromatic carbocycles. The summed E-state index contributed by atoms with van der Waals surface area (Å²) < 4.78 is 24.2. The first-order chi connectivity index (χ1) is 12.5. The quantitative estimate of drug-likeness (QED) is 0.683. The number of amides is 1. The second-order valence-corrected chi connectivity index (χ2v) is 7.08. The molecule has 146 valence electrons. The highest BCUT2D eigenvalue weighted by molar-refractivity contribution is 5.78. The van der Waals surface area contributed by atoms with Crippen molar-refractivity contribution in [3.63, 3.8) is 0 Å². The van der Waals surface area contributed by atoms with Crippen molar-refractivity contribution in [3.8, 4) is 5.75 Å². The van der Waals surface area contributed by atoms with Gasteiger partial charge in [0, 0.05) is 25.6 Å². The zero-order valence-electron chi connectivity index (χ0n) is 16.1. The number of ether oxygens (including phenoxy) is 2. The van der Waals surface area contributed by atoms with Crippen molar-refractivity contribution in [1.29, 1.82) is 0 Å². The Kier molecular flexibility index (Phi) is 8.32. The molecule has 0 unspecified atom stereocenters. The van der Waals surface area contributed by atoms with Crippen LogP contribution in [0.15, 0.2) is 18.2 Å². The summed E-state index contributed by atoms with van der Waals surface area (Å²) in [6, 6.07) is 5.07. The van der Waals surface area contributed by atoms with Gasteiger partial charge in [0.1, 0.15) is 0 Å². The molecule has 1 N–H and O–H groups in total. The van der Waals surface area contributed by atoms with Gasteiger partial charge in [0.2, 0.25) is 5.91 Å². The lowest BCUT2D eigenvalue weighted by Gasteiger charge is -2.31. The number of likely N-dealkylation sites (tertiary alicyclic amines) is 1. The normalized spacial score (nSPS) is 16.0. The summed E-state index contributed by atoms with van der Waals surface area (Å²) in [5.74, 6) is 0.151. The summed E-state index contributed by atoms with van der Waals surface area (Å²) >= 11 is 0. The molecule has 0 saturated carbocycles. The Balaban J connectivity index is 1.68. The lowest BCUT2D eigenvalue weighted by atomic mass is 9.95. The molecule has 1 saturated heterocycles. The number of benzene rings is 1. The molecule has 0 radical (unpaired) electrons. The number of hydrogen-bond acceptors (Lipinski definition) is 4. The molecular formula is C20H31FN2O3. The highest BCUT2D eigenvalue weighted by Crippen LogP contribution is 2.22. The van der Waals surface area contributed by atoms with Crippen LogP contribution in [0.3, 0.4) is 0 Å². The van der Waals surface area contributed by atoms with E-state index in [1.165, 1.54) is 13.2 Å². The Hall–Kier alpha value is -1.66. The SMILES string of the molecule is COc1ccc(CN2CCC(C(=O)NCCCOC(C)C)CC2)cc1F. The van der Waals surface area contributed by atoms with Gasteiger partial charge >= 0.3 is 0 Å². The van der Waals surface area contributed by atoms with Gasteiger partial charge in [-0.15, -0.1) is 0 Å². The standard InChI is InChI=1S/C20H31FN2O3/c1-15(2)26-12-4-9-22-20(24)17-7-10-23(11-8-17)14-16-5-6-19(25-3)18(21)13-16/h5-6,13,15,17H,4,7-12,14H2,1-3H3,(H,22,24). The van der Waals surface area contributed by atoms with E-state index in [1.54, 1.807) is 6.07 Å². The summed E-state index contributed by atoms with van der Waals surface area (Å²) in [6.07, 6.45) is 2.75. The monoisotopic (exact) mass is 366 g/mol. The van der Waals surface area contributed by atoms with E-state index in [2.05, 4.69) is 10.2 Å². The molecule has 1 heterocycles. The maximum absolute atomic E-state index is 13.8. The van der Waals surface area contributed by atoms with Gasteiger partial charge in [0.05, 0.1) is 13.2 Å². The molecule has 1 aromatic rings. The van der Waals surface area contributed by atoms with Crippen LogP contribution in [0.1, 0.15) is 38.7 Å². The number of hydrogen-bond donors (Lipinski definition) is 1. The van der Waals surface area contributed by atoms with Crippen LogP contribution < -0.4 is 10.1 Å². The van der Waals surface area contributed by atoms with Crippen molar-refractivity contribution in [2.24, 2.45) is 5.92 Å². The van der Waals surface area contributed by atoms with E-state index in [9.17, 15) is 9.18 Å². The summed E-state index contributed by atoms with van der Waals surface area (Å²) in [5, 5.41) is 3.01. The highest BCUT2D eigenvalue weighted by atomic mass is 19.1. The van der Waals surface area contributed by atoms with Crippen molar-refractivity contribution in [2.45, 2.75) is 45.8 Å². The van der Waals surface area contributed by atoms with E-state index in [4.69, 9.17) is 9.47 Å². The van der Waals surface area contributed by atoms with E-state index in [0.29, 0.717) is 19.7 Å². The smallest absolute Gasteiger partial charge is 0.223 e. The molecule has 1 amide bonds. The maximum Gasteiger partial charge on any atom is 0.223 e. The van der Waals surface area contributed by atoms with Gasteiger partial charge in [0.25, 0.3) is 0 Å². The lowest BCUT2D eigenvalue weighted by Crippen LogP contribution is -2.40. The van der Waals surface area contributed by atoms with Crippen LogP contribution in [0.5, 0.6) is 5.75 Å². The predicted molar refractivity (Wildman–Crippen MR) is 99.7 cm³/mol. The largest absolute Gasteiger partial charge is 0.494 e. The van der Waals surface area contributed by atoms with Crippen LogP contribution in [-0.2, 0) is 16.1 Å². The molecular weight excluding hydrogens is 335 g/mol. The minimum atomic E-state index is -0.333. The van der Waals surface area contributed by atoms with Crippen LogP contribution in [-0.4, -0.2) is 50.3 Å². The van der Waals surface area contributed by atoms with Crippen molar-refractivity contribution in [3.05, 3.63) is 29.6 Å². The number of methoxy groups -OCH3 is 1. The summed E-state index contributed by atoms with van der Waals surface area (Å²) in [6.45, 7) is 7.75. The van der Waals surface area contributed by atoms with E-state index in [1.807, 2.05) is 19.9 Å². The summed E-state index contributed by atoms with van der Waals surface area (Å²) in [7, 11) is 1.46. The highest BCUT2D eigenvalue weighted by Gasteiger charge is 2.24. The number of piperidine rings is 1. The van der Waals surface area contributed by atoms with Gasteiger partial charge in [-0.05, 0) is 63.9 Å². The second kappa shape index (κ2) is 10.5. The zero-order chi connectivity index (χ0) is 18.9. The molecule has 26 heavy (non-hydrogen) atoms. The fraction of sp³-hybridized carbons (Fsp3) is 0.650. The summed E-state index contributed by atoms with van der Waals surface area (Å²) in [5.41, 5.74) is 0.927. The Bertz CT molecular complexity index is 572. The molecule has 0 aromatic heterocycles. The van der Waals surface area contributed by atoms with Crippen molar-refractivity contribution < 1.29 is 18.7 Å². The molecule has 1 aliphatic rings. The van der Waals surface area contributed by atoms with Crippen LogP contribution >= 0.6 is 0 Å². The number of rotatable bonds is 9. The van der Waals surface area contributed by atoms with Crippen molar-refractivity contribution >= 4 is 5.91 Å². The first-order valence-corrected chi connectivity index (χ1v) is 9.43. The molecule has 0 bridgehead atoms. The topological polar surface area (TPSA) is 50.8 Å². The molecule has 6 heteroatoms. The van der Waals surface area contributed by atoms with Crippen molar-refractivity contribution in [2.75, 3.05) is 33.4 Å². The van der Waals surface area contributed by atoms with Gasteiger partial charge in [-0.2, -0.15) is 0 Å². The predicted octanol–water partition coefficient (Wildman–Crippen LogP) is 2.98. The molecule has 0 spiro atoms. The maximum atomic E-state index is 13.8. The fourth-order valence-electron chi connectivity index (χ4n) is 3.17. The van der Waals surface area contributed by atoms with Gasteiger partial charge in [-0.1, -0.05) is 6.07 Å².